The molecule has 2 aromatic carbocycles. The van der Waals surface area contributed by atoms with Crippen LogP contribution in [0.4, 0.5) is 4.39 Å². The molecule has 0 saturated carbocycles. The molecule has 19 heavy (non-hydrogen) atoms. The van der Waals surface area contributed by atoms with E-state index in [1.165, 1.54) is 13.2 Å². The molecule has 0 aliphatic carbocycles. The summed E-state index contributed by atoms with van der Waals surface area (Å²) >= 11 is 3.42. The molecule has 1 heterocycles. The van der Waals surface area contributed by atoms with E-state index >= 15 is 0 Å². The fraction of sp³-hybridized carbons (Fsp3) is 0.0714. The number of fused-ring (bicyclic) bond motifs is 1. The van der Waals surface area contributed by atoms with Crippen LogP contribution in [0.5, 0.6) is 5.75 Å². The fourth-order valence-corrected chi connectivity index (χ4v) is 2.30. The molecule has 3 aromatic rings. The number of methoxy groups -OCH3 is 1. The number of nitrogens with zero attached hydrogens (tertiary/aromatic N) is 2. The number of rotatable bonds is 2. The van der Waals surface area contributed by atoms with E-state index in [0.29, 0.717) is 0 Å². The lowest BCUT2D eigenvalue weighted by atomic mass is 10.2. The summed E-state index contributed by atoms with van der Waals surface area (Å²) in [6.45, 7) is 0. The van der Waals surface area contributed by atoms with Gasteiger partial charge in [0.1, 0.15) is 0 Å². The van der Waals surface area contributed by atoms with Gasteiger partial charge in [-0.15, -0.1) is 0 Å². The predicted molar refractivity (Wildman–Crippen MR) is 75.3 cm³/mol. The fourth-order valence-electron chi connectivity index (χ4n) is 1.92. The Hall–Kier alpha value is -1.88. The Bertz CT molecular complexity index is 754. The summed E-state index contributed by atoms with van der Waals surface area (Å²) in [5, 5.41) is 5.46. The summed E-state index contributed by atoms with van der Waals surface area (Å²) in [5.74, 6) is -0.177. The van der Waals surface area contributed by atoms with Crippen molar-refractivity contribution in [3.63, 3.8) is 0 Å². The first-order valence-electron chi connectivity index (χ1n) is 5.66. The topological polar surface area (TPSA) is 27.1 Å². The normalized spacial score (nSPS) is 10.9. The minimum atomic E-state index is -0.384. The molecular formula is C14H10BrFN2O. The van der Waals surface area contributed by atoms with Gasteiger partial charge in [0.15, 0.2) is 11.6 Å². The molecule has 0 N–H and O–H groups in total. The number of benzene rings is 2. The summed E-state index contributed by atoms with van der Waals surface area (Å²) in [6, 6.07) is 10.5. The number of halogens is 2. The van der Waals surface area contributed by atoms with Crippen LogP contribution in [0, 0.1) is 5.82 Å². The number of ether oxygens (including phenoxy) is 1. The molecule has 0 saturated heterocycles. The van der Waals surface area contributed by atoms with Crippen LogP contribution in [0.3, 0.4) is 0 Å². The van der Waals surface area contributed by atoms with Gasteiger partial charge >= 0.3 is 0 Å². The van der Waals surface area contributed by atoms with Crippen molar-refractivity contribution in [2.45, 2.75) is 0 Å². The Morgan fingerprint density at radius 3 is 2.84 bits per heavy atom. The molecular weight excluding hydrogens is 311 g/mol. The van der Waals surface area contributed by atoms with Gasteiger partial charge in [0.05, 0.1) is 18.3 Å². The molecule has 5 heteroatoms. The summed E-state index contributed by atoms with van der Waals surface area (Å²) in [4.78, 5) is 0. The molecule has 0 aliphatic rings. The third-order valence-electron chi connectivity index (χ3n) is 2.87. The van der Waals surface area contributed by atoms with Crippen molar-refractivity contribution in [3.05, 3.63) is 52.9 Å². The van der Waals surface area contributed by atoms with E-state index < -0.39 is 0 Å². The van der Waals surface area contributed by atoms with Crippen LogP contribution in [0.2, 0.25) is 0 Å². The first kappa shape index (κ1) is 12.2. The lowest BCUT2D eigenvalue weighted by Crippen LogP contribution is -1.96. The molecule has 0 bridgehead atoms. The highest BCUT2D eigenvalue weighted by atomic mass is 79.9. The van der Waals surface area contributed by atoms with Crippen LogP contribution in [-0.2, 0) is 0 Å². The molecule has 0 aliphatic heterocycles. The molecule has 0 amide bonds. The van der Waals surface area contributed by atoms with Gasteiger partial charge in [0, 0.05) is 22.1 Å². The minimum absolute atomic E-state index is 0.207. The second kappa shape index (κ2) is 4.66. The van der Waals surface area contributed by atoms with E-state index in [1.54, 1.807) is 16.8 Å². The molecule has 0 radical (unpaired) electrons. The molecule has 3 rings (SSSR count). The number of hydrogen-bond donors (Lipinski definition) is 0. The van der Waals surface area contributed by atoms with Gasteiger partial charge in [-0.25, -0.2) is 9.07 Å². The highest BCUT2D eigenvalue weighted by molar-refractivity contribution is 9.10. The SMILES string of the molecule is COc1cc(-n2cc3cc(Br)ccc3n2)ccc1F. The summed E-state index contributed by atoms with van der Waals surface area (Å²) in [7, 11) is 1.44. The number of aromatic nitrogens is 2. The highest BCUT2D eigenvalue weighted by Crippen LogP contribution is 2.23. The average Bonchev–Trinajstić information content (AvgIpc) is 2.82. The summed E-state index contributed by atoms with van der Waals surface area (Å²) in [5.41, 5.74) is 1.64. The smallest absolute Gasteiger partial charge is 0.165 e. The molecule has 0 spiro atoms. The Balaban J connectivity index is 2.13. The van der Waals surface area contributed by atoms with Crippen molar-refractivity contribution in [2.24, 2.45) is 0 Å². The standard InChI is InChI=1S/C14H10BrFN2O/c1-19-14-7-11(3-4-12(14)16)18-8-9-6-10(15)2-5-13(9)17-18/h2-8H,1H3. The zero-order valence-electron chi connectivity index (χ0n) is 10.1. The van der Waals surface area contributed by atoms with Crippen LogP contribution in [0.15, 0.2) is 47.1 Å². The zero-order chi connectivity index (χ0) is 13.4. The van der Waals surface area contributed by atoms with Crippen molar-refractivity contribution >= 4 is 26.8 Å². The van der Waals surface area contributed by atoms with Crippen molar-refractivity contribution < 1.29 is 9.13 Å². The predicted octanol–water partition coefficient (Wildman–Crippen LogP) is 3.94. The molecule has 1 aromatic heterocycles. The zero-order valence-corrected chi connectivity index (χ0v) is 11.7. The third kappa shape index (κ3) is 2.21. The quantitative estimate of drug-likeness (QED) is 0.715. The Labute approximate surface area is 117 Å². The average molecular weight is 321 g/mol. The van der Waals surface area contributed by atoms with Crippen molar-refractivity contribution in [1.29, 1.82) is 0 Å². The van der Waals surface area contributed by atoms with E-state index in [-0.39, 0.29) is 11.6 Å². The molecule has 96 valence electrons. The lowest BCUT2D eigenvalue weighted by Gasteiger charge is -2.05. The van der Waals surface area contributed by atoms with Crippen LogP contribution in [-0.4, -0.2) is 16.9 Å². The first-order chi connectivity index (χ1) is 9.17. The summed E-state index contributed by atoms with van der Waals surface area (Å²) < 4.78 is 21.1. The lowest BCUT2D eigenvalue weighted by molar-refractivity contribution is 0.386. The second-order valence-electron chi connectivity index (χ2n) is 4.10. The van der Waals surface area contributed by atoms with Gasteiger partial charge in [0.25, 0.3) is 0 Å². The van der Waals surface area contributed by atoms with Gasteiger partial charge in [-0.05, 0) is 30.3 Å². The maximum Gasteiger partial charge on any atom is 0.165 e. The Morgan fingerprint density at radius 1 is 1.21 bits per heavy atom. The van der Waals surface area contributed by atoms with Crippen LogP contribution < -0.4 is 4.74 Å². The Kier molecular flexibility index (Phi) is 2.98. The van der Waals surface area contributed by atoms with Crippen LogP contribution >= 0.6 is 15.9 Å². The van der Waals surface area contributed by atoms with Gasteiger partial charge in [-0.3, -0.25) is 0 Å². The van der Waals surface area contributed by atoms with Crippen molar-refractivity contribution in [2.75, 3.05) is 7.11 Å². The number of hydrogen-bond acceptors (Lipinski definition) is 2. The van der Waals surface area contributed by atoms with Crippen molar-refractivity contribution in [1.82, 2.24) is 9.78 Å². The second-order valence-corrected chi connectivity index (χ2v) is 5.01. The van der Waals surface area contributed by atoms with Crippen molar-refractivity contribution in [3.8, 4) is 11.4 Å². The van der Waals surface area contributed by atoms with E-state index in [1.807, 2.05) is 24.4 Å². The monoisotopic (exact) mass is 320 g/mol. The minimum Gasteiger partial charge on any atom is -0.494 e. The van der Waals surface area contributed by atoms with Crippen LogP contribution in [0.25, 0.3) is 16.6 Å². The molecule has 0 atom stereocenters. The van der Waals surface area contributed by atoms with Crippen LogP contribution in [0.1, 0.15) is 0 Å². The van der Waals surface area contributed by atoms with E-state index in [0.717, 1.165) is 21.1 Å². The van der Waals surface area contributed by atoms with Gasteiger partial charge < -0.3 is 4.74 Å². The van der Waals surface area contributed by atoms with E-state index in [2.05, 4.69) is 21.0 Å². The Morgan fingerprint density at radius 2 is 2.05 bits per heavy atom. The maximum atomic E-state index is 13.4. The van der Waals surface area contributed by atoms with Gasteiger partial charge in [-0.1, -0.05) is 15.9 Å². The largest absolute Gasteiger partial charge is 0.494 e. The van der Waals surface area contributed by atoms with Gasteiger partial charge in [0.2, 0.25) is 0 Å². The molecule has 0 fully saturated rings. The molecule has 0 unspecified atom stereocenters. The van der Waals surface area contributed by atoms with Gasteiger partial charge in [-0.2, -0.15) is 5.10 Å². The van der Waals surface area contributed by atoms with E-state index in [9.17, 15) is 4.39 Å². The highest BCUT2D eigenvalue weighted by Gasteiger charge is 2.07. The molecule has 3 nitrogen and oxygen atoms in total. The first-order valence-corrected chi connectivity index (χ1v) is 6.45. The third-order valence-corrected chi connectivity index (χ3v) is 3.36. The summed E-state index contributed by atoms with van der Waals surface area (Å²) in [6.07, 6.45) is 1.90. The van der Waals surface area contributed by atoms with E-state index in [4.69, 9.17) is 4.74 Å². The maximum absolute atomic E-state index is 13.4.